The van der Waals surface area contributed by atoms with Crippen molar-refractivity contribution in [3.63, 3.8) is 0 Å². The highest BCUT2D eigenvalue weighted by Crippen LogP contribution is 2.21. The number of aromatic nitrogens is 2. The molecule has 0 spiro atoms. The van der Waals surface area contributed by atoms with Crippen molar-refractivity contribution < 1.29 is 17.9 Å². The smallest absolute Gasteiger partial charge is 0.252 e. The fraction of sp³-hybridized carbons (Fsp3) is 0.412. The van der Waals surface area contributed by atoms with Crippen LogP contribution < -0.4 is 10.1 Å². The normalized spacial score (nSPS) is 14.7. The van der Waals surface area contributed by atoms with E-state index in [9.17, 15) is 13.2 Å². The van der Waals surface area contributed by atoms with Gasteiger partial charge in [-0.05, 0) is 25.1 Å². The minimum absolute atomic E-state index is 0.204. The topological polar surface area (TPSA) is 93.5 Å². The molecule has 2 heterocycles. The summed E-state index contributed by atoms with van der Waals surface area (Å²) in [6, 6.07) is 7.16. The highest BCUT2D eigenvalue weighted by atomic mass is 32.2. The van der Waals surface area contributed by atoms with E-state index in [4.69, 9.17) is 4.74 Å². The number of hydrogen-bond acceptors (Lipinski definition) is 5. The Hall–Kier alpha value is -2.39. The van der Waals surface area contributed by atoms with Crippen molar-refractivity contribution in [3.05, 3.63) is 46.8 Å². The molecule has 1 N–H and O–H groups in total. The third-order valence-electron chi connectivity index (χ3n) is 4.46. The second-order valence-corrected chi connectivity index (χ2v) is 8.24. The van der Waals surface area contributed by atoms with Crippen molar-refractivity contribution in [3.8, 4) is 5.75 Å². The summed E-state index contributed by atoms with van der Waals surface area (Å²) in [5.74, 6) is 0.459. The van der Waals surface area contributed by atoms with Crippen LogP contribution in [-0.2, 0) is 29.7 Å². The Bertz CT molecular complexity index is 936. The number of ether oxygens (including phenoxy) is 1. The van der Waals surface area contributed by atoms with E-state index in [1.807, 2.05) is 19.1 Å². The van der Waals surface area contributed by atoms with Gasteiger partial charge in [0.15, 0.2) is 0 Å². The van der Waals surface area contributed by atoms with Crippen LogP contribution in [0.1, 0.15) is 27.3 Å². The number of sulfonamides is 1. The molecule has 26 heavy (non-hydrogen) atoms. The van der Waals surface area contributed by atoms with Crippen LogP contribution in [0.15, 0.2) is 24.3 Å². The monoisotopic (exact) mass is 378 g/mol. The molecule has 0 unspecified atom stereocenters. The standard InChI is InChI=1S/C17H22N4O4S/c1-12-15(5-4-6-16(12)25-2)17(22)18-10-13-9-14-11-20(26(3,23)24)7-8-21(14)19-13/h4-6,9H,7-8,10-11H2,1-3H3,(H,18,22). The van der Waals surface area contributed by atoms with Crippen LogP contribution in [0.4, 0.5) is 0 Å². The first kappa shape index (κ1) is 18.4. The van der Waals surface area contributed by atoms with E-state index in [0.29, 0.717) is 36.6 Å². The molecule has 0 atom stereocenters. The first-order valence-corrected chi connectivity index (χ1v) is 10.1. The Morgan fingerprint density at radius 3 is 2.81 bits per heavy atom. The average Bonchev–Trinajstić information content (AvgIpc) is 3.01. The molecule has 1 amide bonds. The number of nitrogens with zero attached hydrogens (tertiary/aromatic N) is 3. The Kier molecular flexibility index (Phi) is 5.01. The predicted octanol–water partition coefficient (Wildman–Crippen LogP) is 0.905. The van der Waals surface area contributed by atoms with E-state index in [1.165, 1.54) is 10.6 Å². The van der Waals surface area contributed by atoms with Gasteiger partial charge in [-0.25, -0.2) is 8.42 Å². The van der Waals surface area contributed by atoms with Crippen LogP contribution in [0, 0.1) is 6.92 Å². The zero-order valence-corrected chi connectivity index (χ0v) is 15.8. The lowest BCUT2D eigenvalue weighted by Crippen LogP contribution is -2.37. The van der Waals surface area contributed by atoms with Crippen molar-refractivity contribution in [1.29, 1.82) is 0 Å². The molecule has 0 radical (unpaired) electrons. The second-order valence-electron chi connectivity index (χ2n) is 6.26. The Balaban J connectivity index is 1.68. The summed E-state index contributed by atoms with van der Waals surface area (Å²) < 4.78 is 31.8. The summed E-state index contributed by atoms with van der Waals surface area (Å²) in [7, 11) is -1.65. The molecule has 140 valence electrons. The van der Waals surface area contributed by atoms with Gasteiger partial charge in [-0.3, -0.25) is 9.48 Å². The summed E-state index contributed by atoms with van der Waals surface area (Å²) in [4.78, 5) is 12.4. The first-order chi connectivity index (χ1) is 12.3. The van der Waals surface area contributed by atoms with Gasteiger partial charge in [-0.15, -0.1) is 0 Å². The average molecular weight is 378 g/mol. The van der Waals surface area contributed by atoms with E-state index < -0.39 is 10.0 Å². The lowest BCUT2D eigenvalue weighted by Gasteiger charge is -2.25. The molecule has 1 aromatic heterocycles. The van der Waals surface area contributed by atoms with Gasteiger partial charge in [-0.2, -0.15) is 9.40 Å². The summed E-state index contributed by atoms with van der Waals surface area (Å²) in [5, 5.41) is 7.30. The molecule has 2 aromatic rings. The maximum atomic E-state index is 12.4. The summed E-state index contributed by atoms with van der Waals surface area (Å²) in [6.45, 7) is 3.32. The summed E-state index contributed by atoms with van der Waals surface area (Å²) in [5.41, 5.74) is 2.85. The van der Waals surface area contributed by atoms with Gasteiger partial charge < -0.3 is 10.1 Å². The van der Waals surface area contributed by atoms with E-state index in [-0.39, 0.29) is 12.5 Å². The third-order valence-corrected chi connectivity index (χ3v) is 5.71. The summed E-state index contributed by atoms with van der Waals surface area (Å²) in [6.07, 6.45) is 1.20. The fourth-order valence-electron chi connectivity index (χ4n) is 3.02. The van der Waals surface area contributed by atoms with E-state index in [1.54, 1.807) is 23.9 Å². The minimum atomic E-state index is -3.22. The zero-order valence-electron chi connectivity index (χ0n) is 15.0. The van der Waals surface area contributed by atoms with Crippen LogP contribution in [0.5, 0.6) is 5.75 Å². The molecule has 0 aliphatic carbocycles. The molecule has 0 fully saturated rings. The van der Waals surface area contributed by atoms with Crippen molar-refractivity contribution >= 4 is 15.9 Å². The van der Waals surface area contributed by atoms with E-state index in [0.717, 1.165) is 11.3 Å². The lowest BCUT2D eigenvalue weighted by atomic mass is 10.1. The maximum absolute atomic E-state index is 12.4. The number of methoxy groups -OCH3 is 1. The van der Waals surface area contributed by atoms with Crippen LogP contribution in [0.3, 0.4) is 0 Å². The number of carbonyl (C=O) groups is 1. The van der Waals surface area contributed by atoms with Crippen molar-refractivity contribution in [1.82, 2.24) is 19.4 Å². The number of fused-ring (bicyclic) bond motifs is 1. The first-order valence-electron chi connectivity index (χ1n) is 8.22. The molecule has 0 saturated heterocycles. The second kappa shape index (κ2) is 7.08. The van der Waals surface area contributed by atoms with Crippen LogP contribution in [0.2, 0.25) is 0 Å². The molecule has 8 nitrogen and oxygen atoms in total. The molecule has 9 heteroatoms. The molecular weight excluding hydrogens is 356 g/mol. The highest BCUT2D eigenvalue weighted by Gasteiger charge is 2.24. The lowest BCUT2D eigenvalue weighted by molar-refractivity contribution is 0.0949. The quantitative estimate of drug-likeness (QED) is 0.835. The van der Waals surface area contributed by atoms with Gasteiger partial charge in [-0.1, -0.05) is 6.07 Å². The molecule has 0 saturated carbocycles. The van der Waals surface area contributed by atoms with E-state index >= 15 is 0 Å². The van der Waals surface area contributed by atoms with Crippen LogP contribution >= 0.6 is 0 Å². The fourth-order valence-corrected chi connectivity index (χ4v) is 3.80. The van der Waals surface area contributed by atoms with Gasteiger partial charge in [0.1, 0.15) is 5.75 Å². The Morgan fingerprint density at radius 2 is 2.12 bits per heavy atom. The maximum Gasteiger partial charge on any atom is 0.252 e. The summed E-state index contributed by atoms with van der Waals surface area (Å²) >= 11 is 0. The minimum Gasteiger partial charge on any atom is -0.496 e. The number of amides is 1. The van der Waals surface area contributed by atoms with Crippen molar-refractivity contribution in [2.24, 2.45) is 0 Å². The van der Waals surface area contributed by atoms with Gasteiger partial charge in [0.05, 0.1) is 44.4 Å². The SMILES string of the molecule is COc1cccc(C(=O)NCc2cc3n(n2)CCN(S(C)(=O)=O)C3)c1C. The van der Waals surface area contributed by atoms with Crippen molar-refractivity contribution in [2.75, 3.05) is 19.9 Å². The Morgan fingerprint density at radius 1 is 1.35 bits per heavy atom. The number of benzene rings is 1. The van der Waals surface area contributed by atoms with Gasteiger partial charge in [0.25, 0.3) is 5.91 Å². The number of rotatable bonds is 5. The van der Waals surface area contributed by atoms with Crippen LogP contribution in [0.25, 0.3) is 0 Å². The molecule has 1 aromatic carbocycles. The molecular formula is C17H22N4O4S. The predicted molar refractivity (Wildman–Crippen MR) is 96.4 cm³/mol. The largest absolute Gasteiger partial charge is 0.496 e. The number of nitrogens with one attached hydrogen (secondary N) is 1. The van der Waals surface area contributed by atoms with Crippen LogP contribution in [-0.4, -0.2) is 48.3 Å². The molecule has 3 rings (SSSR count). The number of hydrogen-bond donors (Lipinski definition) is 1. The number of carbonyl (C=O) groups excluding carboxylic acids is 1. The van der Waals surface area contributed by atoms with Gasteiger partial charge in [0.2, 0.25) is 10.0 Å². The van der Waals surface area contributed by atoms with Gasteiger partial charge >= 0.3 is 0 Å². The zero-order chi connectivity index (χ0) is 18.9. The Labute approximate surface area is 152 Å². The van der Waals surface area contributed by atoms with Gasteiger partial charge in [0, 0.05) is 17.7 Å². The molecule has 0 bridgehead atoms. The van der Waals surface area contributed by atoms with Crippen molar-refractivity contribution in [2.45, 2.75) is 26.6 Å². The third kappa shape index (κ3) is 3.73. The van der Waals surface area contributed by atoms with E-state index in [2.05, 4.69) is 10.4 Å². The molecule has 1 aliphatic heterocycles. The highest BCUT2D eigenvalue weighted by molar-refractivity contribution is 7.88. The molecule has 1 aliphatic rings.